The Morgan fingerprint density at radius 3 is 2.68 bits per heavy atom. The van der Waals surface area contributed by atoms with Crippen LogP contribution in [-0.2, 0) is 16.2 Å². The van der Waals surface area contributed by atoms with E-state index in [0.717, 1.165) is 12.8 Å². The molecule has 2 N–H and O–H groups in total. The topological polar surface area (TPSA) is 78.9 Å². The molecule has 2 rings (SSSR count). The number of aliphatic hydroxyl groups excluding tert-OH is 1. The Labute approximate surface area is 149 Å². The van der Waals surface area contributed by atoms with Crippen LogP contribution in [0.15, 0.2) is 18.2 Å². The molecule has 138 valence electrons. The minimum absolute atomic E-state index is 0.0806. The molecule has 1 aliphatic heterocycles. The lowest BCUT2D eigenvalue weighted by Gasteiger charge is -2.35. The predicted octanol–water partition coefficient (Wildman–Crippen LogP) is 2.41. The molecule has 0 bridgehead atoms. The molecule has 2 amide bonds. The summed E-state index contributed by atoms with van der Waals surface area (Å²) in [6.45, 7) is 6.68. The molecule has 1 aromatic rings. The molecule has 1 aromatic carbocycles. The van der Waals surface area contributed by atoms with Gasteiger partial charge in [-0.05, 0) is 31.0 Å². The zero-order valence-electron chi connectivity index (χ0n) is 15.5. The van der Waals surface area contributed by atoms with Gasteiger partial charge in [0, 0.05) is 29.8 Å². The number of hydrogen-bond acceptors (Lipinski definition) is 4. The first-order valence-corrected chi connectivity index (χ1v) is 8.64. The molecule has 1 saturated heterocycles. The van der Waals surface area contributed by atoms with Crippen LogP contribution in [0.3, 0.4) is 0 Å². The molecule has 1 aliphatic rings. The third-order valence-corrected chi connectivity index (χ3v) is 4.44. The molecule has 0 aromatic heterocycles. The summed E-state index contributed by atoms with van der Waals surface area (Å²) >= 11 is 0. The Kier molecular flexibility index (Phi) is 6.06. The number of nitrogens with zero attached hydrogens (tertiary/aromatic N) is 1. The van der Waals surface area contributed by atoms with Crippen molar-refractivity contribution < 1.29 is 19.4 Å². The van der Waals surface area contributed by atoms with E-state index in [-0.39, 0.29) is 24.3 Å². The number of anilines is 1. The van der Waals surface area contributed by atoms with Gasteiger partial charge in [-0.3, -0.25) is 9.59 Å². The normalized spacial score (nSPS) is 18.0. The first-order chi connectivity index (χ1) is 11.8. The summed E-state index contributed by atoms with van der Waals surface area (Å²) in [5.41, 5.74) is 0.798. The number of amides is 2. The highest BCUT2D eigenvalue weighted by atomic mass is 16.5. The zero-order chi connectivity index (χ0) is 18.6. The van der Waals surface area contributed by atoms with Gasteiger partial charge in [-0.1, -0.05) is 20.8 Å². The second-order valence-corrected chi connectivity index (χ2v) is 7.51. The first-order valence-electron chi connectivity index (χ1n) is 8.64. The van der Waals surface area contributed by atoms with Crippen molar-refractivity contribution in [3.8, 4) is 5.75 Å². The third-order valence-electron chi connectivity index (χ3n) is 4.44. The van der Waals surface area contributed by atoms with Gasteiger partial charge < -0.3 is 20.1 Å². The van der Waals surface area contributed by atoms with E-state index in [0.29, 0.717) is 30.1 Å². The van der Waals surface area contributed by atoms with Crippen LogP contribution < -0.4 is 10.1 Å². The molecule has 1 heterocycles. The van der Waals surface area contributed by atoms with Gasteiger partial charge in [-0.25, -0.2) is 0 Å². The summed E-state index contributed by atoms with van der Waals surface area (Å²) in [5.74, 6) is 0.345. The fourth-order valence-electron chi connectivity index (χ4n) is 3.07. The Bertz CT molecular complexity index is 637. The molecule has 6 heteroatoms. The molecule has 0 unspecified atom stereocenters. The summed E-state index contributed by atoms with van der Waals surface area (Å²) in [5, 5.41) is 12.3. The van der Waals surface area contributed by atoms with Crippen LogP contribution in [0, 0.1) is 11.3 Å². The largest absolute Gasteiger partial charge is 0.496 e. The summed E-state index contributed by atoms with van der Waals surface area (Å²) in [7, 11) is 1.54. The molecule has 25 heavy (non-hydrogen) atoms. The molecular formula is C19H28N2O4. The van der Waals surface area contributed by atoms with Crippen LogP contribution in [0.1, 0.15) is 39.2 Å². The van der Waals surface area contributed by atoms with Crippen molar-refractivity contribution in [3.63, 3.8) is 0 Å². The molecule has 0 spiro atoms. The van der Waals surface area contributed by atoms with Gasteiger partial charge in [-0.15, -0.1) is 0 Å². The number of nitrogens with one attached hydrogen (secondary N) is 1. The van der Waals surface area contributed by atoms with Crippen molar-refractivity contribution in [2.45, 2.75) is 40.2 Å². The quantitative estimate of drug-likeness (QED) is 0.876. The molecule has 6 nitrogen and oxygen atoms in total. The maximum atomic E-state index is 12.6. The van der Waals surface area contributed by atoms with Gasteiger partial charge in [0.2, 0.25) is 11.8 Å². The van der Waals surface area contributed by atoms with E-state index < -0.39 is 5.41 Å². The fraction of sp³-hybridized carbons (Fsp3) is 0.579. The van der Waals surface area contributed by atoms with E-state index in [2.05, 4.69) is 5.32 Å². The third kappa shape index (κ3) is 4.72. The second-order valence-electron chi connectivity index (χ2n) is 7.51. The van der Waals surface area contributed by atoms with Crippen LogP contribution in [0.4, 0.5) is 5.69 Å². The first kappa shape index (κ1) is 19.2. The number of aliphatic hydroxyl groups is 1. The fourth-order valence-corrected chi connectivity index (χ4v) is 3.07. The van der Waals surface area contributed by atoms with Crippen LogP contribution >= 0.6 is 0 Å². The average Bonchev–Trinajstić information content (AvgIpc) is 2.60. The summed E-state index contributed by atoms with van der Waals surface area (Å²) in [6, 6.07) is 5.17. The van der Waals surface area contributed by atoms with Gasteiger partial charge in [0.15, 0.2) is 0 Å². The number of ether oxygens (including phenoxy) is 1. The van der Waals surface area contributed by atoms with E-state index in [1.54, 1.807) is 23.1 Å². The number of carbonyl (C=O) groups excluding carboxylic acids is 2. The summed E-state index contributed by atoms with van der Waals surface area (Å²) < 4.78 is 5.17. The smallest absolute Gasteiger partial charge is 0.229 e. The van der Waals surface area contributed by atoms with E-state index in [1.807, 2.05) is 20.8 Å². The predicted molar refractivity (Wildman–Crippen MR) is 96.3 cm³/mol. The molecule has 1 fully saturated rings. The number of carbonyl (C=O) groups is 2. The number of piperidine rings is 1. The summed E-state index contributed by atoms with van der Waals surface area (Å²) in [6.07, 6.45) is 1.59. The van der Waals surface area contributed by atoms with E-state index in [9.17, 15) is 14.7 Å². The maximum absolute atomic E-state index is 12.6. The van der Waals surface area contributed by atoms with Crippen molar-refractivity contribution in [3.05, 3.63) is 23.8 Å². The van der Waals surface area contributed by atoms with Gasteiger partial charge in [-0.2, -0.15) is 0 Å². The van der Waals surface area contributed by atoms with Gasteiger partial charge >= 0.3 is 0 Å². The number of likely N-dealkylation sites (tertiary alicyclic amines) is 1. The number of benzene rings is 1. The van der Waals surface area contributed by atoms with Gasteiger partial charge in [0.25, 0.3) is 0 Å². The van der Waals surface area contributed by atoms with Gasteiger partial charge in [0.05, 0.1) is 19.6 Å². The Balaban J connectivity index is 2.04. The van der Waals surface area contributed by atoms with Crippen molar-refractivity contribution in [1.29, 1.82) is 0 Å². The lowest BCUT2D eigenvalue weighted by atomic mass is 9.91. The minimum Gasteiger partial charge on any atom is -0.496 e. The Morgan fingerprint density at radius 2 is 2.08 bits per heavy atom. The summed E-state index contributed by atoms with van der Waals surface area (Å²) in [4.78, 5) is 26.8. The molecule has 0 aliphatic carbocycles. The minimum atomic E-state index is -0.440. The maximum Gasteiger partial charge on any atom is 0.229 e. The monoisotopic (exact) mass is 348 g/mol. The highest BCUT2D eigenvalue weighted by molar-refractivity contribution is 5.93. The van der Waals surface area contributed by atoms with Crippen molar-refractivity contribution in [2.75, 3.05) is 25.5 Å². The van der Waals surface area contributed by atoms with Gasteiger partial charge in [0.1, 0.15) is 5.75 Å². The number of methoxy groups -OCH3 is 1. The molecular weight excluding hydrogens is 320 g/mol. The van der Waals surface area contributed by atoms with Crippen molar-refractivity contribution in [1.82, 2.24) is 4.90 Å². The molecule has 0 saturated carbocycles. The highest BCUT2D eigenvalue weighted by Gasteiger charge is 2.33. The van der Waals surface area contributed by atoms with Crippen LogP contribution in [0.5, 0.6) is 5.75 Å². The lowest BCUT2D eigenvalue weighted by molar-refractivity contribution is -0.142. The van der Waals surface area contributed by atoms with E-state index in [4.69, 9.17) is 4.74 Å². The van der Waals surface area contributed by atoms with Crippen molar-refractivity contribution >= 4 is 17.5 Å². The SMILES string of the molecule is COc1ccc(NC(=O)[C@@H]2CCCN(C(=O)C(C)(C)C)C2)cc1CO. The van der Waals surface area contributed by atoms with Crippen molar-refractivity contribution in [2.24, 2.45) is 11.3 Å². The Hall–Kier alpha value is -2.08. The standard InChI is InChI=1S/C19H28N2O4/c1-19(2,3)18(24)21-9-5-6-13(11-21)17(23)20-15-7-8-16(25-4)14(10-15)12-22/h7-8,10,13,22H,5-6,9,11-12H2,1-4H3,(H,20,23)/t13-/m1/s1. The van der Waals surface area contributed by atoms with E-state index in [1.165, 1.54) is 7.11 Å². The molecule has 1 atom stereocenters. The van der Waals surface area contributed by atoms with Crippen LogP contribution in [0.2, 0.25) is 0 Å². The molecule has 0 radical (unpaired) electrons. The Morgan fingerprint density at radius 1 is 1.36 bits per heavy atom. The highest BCUT2D eigenvalue weighted by Crippen LogP contribution is 2.26. The average molecular weight is 348 g/mol. The number of rotatable bonds is 4. The number of hydrogen-bond donors (Lipinski definition) is 2. The van der Waals surface area contributed by atoms with Crippen LogP contribution in [-0.4, -0.2) is 42.0 Å². The van der Waals surface area contributed by atoms with E-state index >= 15 is 0 Å². The second kappa shape index (κ2) is 7.87. The van der Waals surface area contributed by atoms with Crippen LogP contribution in [0.25, 0.3) is 0 Å². The lowest BCUT2D eigenvalue weighted by Crippen LogP contribution is -2.47. The zero-order valence-corrected chi connectivity index (χ0v) is 15.5.